The Morgan fingerprint density at radius 1 is 1.40 bits per heavy atom. The predicted octanol–water partition coefficient (Wildman–Crippen LogP) is 3.05. The van der Waals surface area contributed by atoms with Crippen LogP contribution in [0.5, 0.6) is 0 Å². The molecule has 8 heteroatoms. The molecule has 3 rings (SSSR count). The summed E-state index contributed by atoms with van der Waals surface area (Å²) in [6.07, 6.45) is 2.69. The number of carboxylic acid groups (broad SMARTS) is 1. The number of hydrogen-bond donors (Lipinski definition) is 1. The fourth-order valence-electron chi connectivity index (χ4n) is 2.62. The highest BCUT2D eigenvalue weighted by molar-refractivity contribution is 6.35. The zero-order valence-corrected chi connectivity index (χ0v) is 12.0. The number of hydrogen-bond acceptors (Lipinski definition) is 3. The van der Waals surface area contributed by atoms with Gasteiger partial charge < -0.3 is 14.6 Å². The Bertz CT molecular complexity index is 673. The van der Waals surface area contributed by atoms with Crippen molar-refractivity contribution < 1.29 is 9.90 Å². The number of amides is 1. The molecule has 2 aromatic rings. The van der Waals surface area contributed by atoms with Crippen LogP contribution in [0.4, 0.5) is 4.79 Å². The molecular weight excluding hydrogens is 303 g/mol. The van der Waals surface area contributed by atoms with Crippen LogP contribution in [0.15, 0.2) is 12.3 Å². The Labute approximate surface area is 124 Å². The average Bonchev–Trinajstić information content (AvgIpc) is 2.82. The first-order valence-electron chi connectivity index (χ1n) is 6.23. The minimum atomic E-state index is -0.892. The minimum absolute atomic E-state index is 0.0411. The molecule has 0 radical (unpaired) electrons. The van der Waals surface area contributed by atoms with E-state index in [1.165, 1.54) is 4.90 Å². The zero-order valence-electron chi connectivity index (χ0n) is 10.5. The van der Waals surface area contributed by atoms with Crippen molar-refractivity contribution >= 4 is 40.3 Å². The first kappa shape index (κ1) is 13.5. The number of likely N-dealkylation sites (tertiary alicyclic amines) is 1. The van der Waals surface area contributed by atoms with Gasteiger partial charge in [0.25, 0.3) is 0 Å². The normalized spacial score (nSPS) is 19.5. The van der Waals surface area contributed by atoms with Gasteiger partial charge in [-0.1, -0.05) is 11.6 Å². The van der Waals surface area contributed by atoms with Crippen molar-refractivity contribution in [2.45, 2.75) is 18.9 Å². The second-order valence-electron chi connectivity index (χ2n) is 4.77. The molecule has 1 atom stereocenters. The number of fused-ring (bicyclic) bond motifs is 1. The molecule has 0 aliphatic carbocycles. The van der Waals surface area contributed by atoms with Crippen molar-refractivity contribution in [1.29, 1.82) is 0 Å². The van der Waals surface area contributed by atoms with Crippen molar-refractivity contribution in [1.82, 2.24) is 19.4 Å². The first-order valence-corrected chi connectivity index (χ1v) is 6.99. The zero-order chi connectivity index (χ0) is 14.3. The average molecular weight is 315 g/mol. The Hall–Kier alpha value is -1.53. The molecule has 1 unspecified atom stereocenters. The van der Waals surface area contributed by atoms with Gasteiger partial charge >= 0.3 is 6.09 Å². The number of piperidine rings is 1. The van der Waals surface area contributed by atoms with Gasteiger partial charge in [0.05, 0.1) is 11.4 Å². The Kier molecular flexibility index (Phi) is 3.43. The number of aromatic nitrogens is 3. The van der Waals surface area contributed by atoms with Gasteiger partial charge in [-0.25, -0.2) is 9.78 Å². The summed E-state index contributed by atoms with van der Waals surface area (Å²) in [5.74, 6) is 0. The maximum atomic E-state index is 11.1. The van der Waals surface area contributed by atoms with Crippen LogP contribution in [0, 0.1) is 0 Å². The number of rotatable bonds is 1. The molecule has 2 aromatic heterocycles. The standard InChI is InChI=1S/C12H12Cl2N4O2/c13-9-8-3-5-18(10(8)16-11(14)15-9)7-2-1-4-17(6-7)12(19)20/h3,5,7H,1-2,4,6H2,(H,19,20). The second kappa shape index (κ2) is 5.10. The molecule has 1 aliphatic heterocycles. The summed E-state index contributed by atoms with van der Waals surface area (Å²) >= 11 is 11.9. The van der Waals surface area contributed by atoms with Gasteiger partial charge in [0.15, 0.2) is 0 Å². The molecule has 3 heterocycles. The lowest BCUT2D eigenvalue weighted by atomic mass is 10.1. The largest absolute Gasteiger partial charge is 0.465 e. The maximum Gasteiger partial charge on any atom is 0.407 e. The molecule has 6 nitrogen and oxygen atoms in total. The van der Waals surface area contributed by atoms with Crippen LogP contribution in [0.3, 0.4) is 0 Å². The molecule has 20 heavy (non-hydrogen) atoms. The van der Waals surface area contributed by atoms with Crippen LogP contribution in [-0.2, 0) is 0 Å². The fourth-order valence-corrected chi connectivity index (χ4v) is 3.06. The summed E-state index contributed by atoms with van der Waals surface area (Å²) in [5, 5.41) is 10.2. The lowest BCUT2D eigenvalue weighted by molar-refractivity contribution is 0.122. The van der Waals surface area contributed by atoms with Crippen molar-refractivity contribution in [3.63, 3.8) is 0 Å². The van der Waals surface area contributed by atoms with Crippen LogP contribution >= 0.6 is 23.2 Å². The van der Waals surface area contributed by atoms with E-state index in [0.29, 0.717) is 23.9 Å². The van der Waals surface area contributed by atoms with Gasteiger partial charge in [-0.05, 0) is 30.5 Å². The third-order valence-electron chi connectivity index (χ3n) is 3.56. The van der Waals surface area contributed by atoms with E-state index in [9.17, 15) is 4.79 Å². The third-order valence-corrected chi connectivity index (χ3v) is 4.02. The summed E-state index contributed by atoms with van der Waals surface area (Å²) in [5.41, 5.74) is 0.646. The van der Waals surface area contributed by atoms with Crippen LogP contribution < -0.4 is 0 Å². The monoisotopic (exact) mass is 314 g/mol. The van der Waals surface area contributed by atoms with Crippen LogP contribution in [0.2, 0.25) is 10.4 Å². The van der Waals surface area contributed by atoms with Gasteiger partial charge in [-0.2, -0.15) is 4.98 Å². The van der Waals surface area contributed by atoms with Gasteiger partial charge in [0, 0.05) is 19.3 Å². The lowest BCUT2D eigenvalue weighted by Crippen LogP contribution is -2.39. The molecule has 0 bridgehead atoms. The third kappa shape index (κ3) is 2.29. The van der Waals surface area contributed by atoms with E-state index >= 15 is 0 Å². The first-order chi connectivity index (χ1) is 9.56. The summed E-state index contributed by atoms with van der Waals surface area (Å²) in [7, 11) is 0. The summed E-state index contributed by atoms with van der Waals surface area (Å²) in [4.78, 5) is 20.6. The number of halogens is 2. The van der Waals surface area contributed by atoms with E-state index in [1.807, 2.05) is 16.8 Å². The molecule has 1 saturated heterocycles. The lowest BCUT2D eigenvalue weighted by Gasteiger charge is -2.31. The molecular formula is C12H12Cl2N4O2. The van der Waals surface area contributed by atoms with Crippen molar-refractivity contribution in [3.05, 3.63) is 22.7 Å². The van der Waals surface area contributed by atoms with Crippen molar-refractivity contribution in [2.24, 2.45) is 0 Å². The molecule has 1 aliphatic rings. The topological polar surface area (TPSA) is 71.2 Å². The summed E-state index contributed by atoms with van der Waals surface area (Å²) in [6, 6.07) is 1.87. The quantitative estimate of drug-likeness (QED) is 0.648. The highest BCUT2D eigenvalue weighted by Crippen LogP contribution is 2.29. The molecule has 0 spiro atoms. The van der Waals surface area contributed by atoms with Crippen molar-refractivity contribution in [3.8, 4) is 0 Å². The van der Waals surface area contributed by atoms with Crippen molar-refractivity contribution in [2.75, 3.05) is 13.1 Å². The summed E-state index contributed by atoms with van der Waals surface area (Å²) < 4.78 is 1.93. The SMILES string of the molecule is O=C(O)N1CCCC(n2ccc3c(Cl)nc(Cl)nc32)C1. The van der Waals surface area contributed by atoms with Crippen LogP contribution in [0.25, 0.3) is 11.0 Å². The van der Waals surface area contributed by atoms with Crippen LogP contribution in [-0.4, -0.2) is 43.7 Å². The molecule has 106 valence electrons. The van der Waals surface area contributed by atoms with Gasteiger partial charge in [-0.3, -0.25) is 0 Å². The fraction of sp³-hybridized carbons (Fsp3) is 0.417. The van der Waals surface area contributed by atoms with Gasteiger partial charge in [0.2, 0.25) is 5.28 Å². The van der Waals surface area contributed by atoms with E-state index in [2.05, 4.69) is 9.97 Å². The van der Waals surface area contributed by atoms with E-state index in [1.54, 1.807) is 0 Å². The highest BCUT2D eigenvalue weighted by atomic mass is 35.5. The number of nitrogens with zero attached hydrogens (tertiary/aromatic N) is 4. The summed E-state index contributed by atoms with van der Waals surface area (Å²) in [6.45, 7) is 1.01. The Balaban J connectivity index is 2.00. The Morgan fingerprint density at radius 2 is 2.20 bits per heavy atom. The van der Waals surface area contributed by atoms with Gasteiger partial charge in [-0.15, -0.1) is 0 Å². The molecule has 1 N–H and O–H groups in total. The van der Waals surface area contributed by atoms with E-state index in [-0.39, 0.29) is 11.3 Å². The van der Waals surface area contributed by atoms with Crippen LogP contribution in [0.1, 0.15) is 18.9 Å². The van der Waals surface area contributed by atoms with Gasteiger partial charge in [0.1, 0.15) is 10.8 Å². The van der Waals surface area contributed by atoms with E-state index < -0.39 is 6.09 Å². The smallest absolute Gasteiger partial charge is 0.407 e. The molecule has 0 saturated carbocycles. The highest BCUT2D eigenvalue weighted by Gasteiger charge is 2.25. The maximum absolute atomic E-state index is 11.1. The molecule has 0 aromatic carbocycles. The number of carbonyl (C=O) groups is 1. The Morgan fingerprint density at radius 3 is 2.95 bits per heavy atom. The predicted molar refractivity (Wildman–Crippen MR) is 75.4 cm³/mol. The van der Waals surface area contributed by atoms with E-state index in [0.717, 1.165) is 18.2 Å². The van der Waals surface area contributed by atoms with E-state index in [4.69, 9.17) is 28.3 Å². The second-order valence-corrected chi connectivity index (χ2v) is 5.46. The minimum Gasteiger partial charge on any atom is -0.465 e. The molecule has 1 fully saturated rings. The molecule has 1 amide bonds.